The van der Waals surface area contributed by atoms with Gasteiger partial charge in [-0.2, -0.15) is 0 Å². The molecule has 1 N–H and O–H groups in total. The fourth-order valence-corrected chi connectivity index (χ4v) is 3.08. The molecule has 3 amide bonds. The number of ether oxygens (including phenoxy) is 1. The number of benzene rings is 3. The molecule has 0 spiro atoms. The van der Waals surface area contributed by atoms with Crippen LogP contribution < -0.4 is 10.1 Å². The Morgan fingerprint density at radius 3 is 1.90 bits per heavy atom. The van der Waals surface area contributed by atoms with E-state index in [9.17, 15) is 14.4 Å². The van der Waals surface area contributed by atoms with Gasteiger partial charge in [0.05, 0.1) is 11.1 Å². The van der Waals surface area contributed by atoms with Crippen molar-refractivity contribution in [3.8, 4) is 11.5 Å². The largest absolute Gasteiger partial charge is 0.457 e. The molecule has 0 saturated carbocycles. The number of imide groups is 1. The molecule has 1 aliphatic rings. The number of hydrogen-bond donors (Lipinski definition) is 1. The van der Waals surface area contributed by atoms with Crippen molar-refractivity contribution in [1.29, 1.82) is 0 Å². The van der Waals surface area contributed by atoms with Crippen molar-refractivity contribution in [2.24, 2.45) is 0 Å². The first kappa shape index (κ1) is 18.4. The zero-order chi connectivity index (χ0) is 20.4. The first-order valence-corrected chi connectivity index (χ1v) is 9.11. The zero-order valence-corrected chi connectivity index (χ0v) is 15.7. The lowest BCUT2D eigenvalue weighted by molar-refractivity contribution is -0.116. The molecule has 0 aromatic heterocycles. The summed E-state index contributed by atoms with van der Waals surface area (Å²) in [5, 5.41) is 2.69. The van der Waals surface area contributed by atoms with E-state index in [0.717, 1.165) is 16.2 Å². The number of anilines is 1. The van der Waals surface area contributed by atoms with Gasteiger partial charge < -0.3 is 10.1 Å². The molecule has 144 valence electrons. The van der Waals surface area contributed by atoms with Gasteiger partial charge in [0.25, 0.3) is 11.8 Å². The van der Waals surface area contributed by atoms with Crippen molar-refractivity contribution in [3.05, 3.63) is 89.5 Å². The van der Waals surface area contributed by atoms with Crippen LogP contribution in [0.3, 0.4) is 0 Å². The number of hydrogen-bond acceptors (Lipinski definition) is 4. The predicted molar refractivity (Wildman–Crippen MR) is 108 cm³/mol. The van der Waals surface area contributed by atoms with Crippen LogP contribution in [-0.2, 0) is 4.79 Å². The number of aryl methyl sites for hydroxylation is 1. The molecule has 0 saturated heterocycles. The van der Waals surface area contributed by atoms with E-state index < -0.39 is 17.7 Å². The highest BCUT2D eigenvalue weighted by molar-refractivity contribution is 6.22. The molecular formula is C23H18N2O4. The molecule has 0 bridgehead atoms. The van der Waals surface area contributed by atoms with Crippen molar-refractivity contribution in [3.63, 3.8) is 0 Å². The molecule has 3 aromatic rings. The van der Waals surface area contributed by atoms with Crippen LogP contribution in [0.1, 0.15) is 26.3 Å². The summed E-state index contributed by atoms with van der Waals surface area (Å²) < 4.78 is 5.75. The van der Waals surface area contributed by atoms with Crippen LogP contribution in [0.4, 0.5) is 5.69 Å². The van der Waals surface area contributed by atoms with Gasteiger partial charge in [0, 0.05) is 5.69 Å². The molecule has 1 heterocycles. The van der Waals surface area contributed by atoms with Crippen LogP contribution in [0.5, 0.6) is 11.5 Å². The summed E-state index contributed by atoms with van der Waals surface area (Å²) in [5.41, 5.74) is 2.34. The number of carbonyl (C=O) groups excluding carboxylic acids is 3. The average molecular weight is 386 g/mol. The first-order valence-electron chi connectivity index (χ1n) is 9.11. The Kier molecular flexibility index (Phi) is 4.83. The Labute approximate surface area is 167 Å². The summed E-state index contributed by atoms with van der Waals surface area (Å²) in [7, 11) is 0. The van der Waals surface area contributed by atoms with Gasteiger partial charge in [0.1, 0.15) is 18.0 Å². The van der Waals surface area contributed by atoms with Gasteiger partial charge in [0.15, 0.2) is 0 Å². The average Bonchev–Trinajstić information content (AvgIpc) is 2.96. The van der Waals surface area contributed by atoms with Crippen LogP contribution in [0.2, 0.25) is 0 Å². The molecule has 0 fully saturated rings. The van der Waals surface area contributed by atoms with Gasteiger partial charge in [-0.05, 0) is 55.5 Å². The second kappa shape index (κ2) is 7.59. The lowest BCUT2D eigenvalue weighted by atomic mass is 10.1. The van der Waals surface area contributed by atoms with E-state index in [-0.39, 0.29) is 6.54 Å². The van der Waals surface area contributed by atoms with E-state index in [2.05, 4.69) is 5.32 Å². The summed E-state index contributed by atoms with van der Waals surface area (Å²) >= 11 is 0. The summed E-state index contributed by atoms with van der Waals surface area (Å²) in [5.74, 6) is -0.0119. The first-order chi connectivity index (χ1) is 14.0. The van der Waals surface area contributed by atoms with Crippen molar-refractivity contribution < 1.29 is 19.1 Å². The Balaban J connectivity index is 1.37. The lowest BCUT2D eigenvalue weighted by Gasteiger charge is -2.14. The SMILES string of the molecule is Cc1ccc(Oc2ccc(NC(=O)CN3C(=O)c4ccccc4C3=O)cc2)cc1. The van der Waals surface area contributed by atoms with Crippen molar-refractivity contribution in [2.75, 3.05) is 11.9 Å². The highest BCUT2D eigenvalue weighted by Gasteiger charge is 2.36. The van der Waals surface area contributed by atoms with Crippen molar-refractivity contribution in [1.82, 2.24) is 4.90 Å². The van der Waals surface area contributed by atoms with E-state index >= 15 is 0 Å². The van der Waals surface area contributed by atoms with E-state index in [0.29, 0.717) is 22.6 Å². The van der Waals surface area contributed by atoms with Gasteiger partial charge in [-0.1, -0.05) is 29.8 Å². The molecule has 0 unspecified atom stereocenters. The van der Waals surface area contributed by atoms with Gasteiger partial charge in [-0.25, -0.2) is 0 Å². The van der Waals surface area contributed by atoms with Gasteiger partial charge in [0.2, 0.25) is 5.91 Å². The number of nitrogens with one attached hydrogen (secondary N) is 1. The third-order valence-corrected chi connectivity index (χ3v) is 4.57. The molecule has 29 heavy (non-hydrogen) atoms. The minimum absolute atomic E-state index is 0.322. The Bertz CT molecular complexity index is 1050. The third kappa shape index (κ3) is 3.87. The second-order valence-electron chi connectivity index (χ2n) is 6.73. The molecule has 6 heteroatoms. The summed E-state index contributed by atoms with van der Waals surface area (Å²) in [6, 6.07) is 21.1. The summed E-state index contributed by atoms with van der Waals surface area (Å²) in [6.45, 7) is 1.66. The molecule has 4 rings (SSSR count). The van der Waals surface area contributed by atoms with Crippen LogP contribution in [0.15, 0.2) is 72.8 Å². The van der Waals surface area contributed by atoms with E-state index in [1.807, 2.05) is 31.2 Å². The monoisotopic (exact) mass is 386 g/mol. The normalized spacial score (nSPS) is 12.7. The third-order valence-electron chi connectivity index (χ3n) is 4.57. The number of nitrogens with zero attached hydrogens (tertiary/aromatic N) is 1. The maximum Gasteiger partial charge on any atom is 0.262 e. The smallest absolute Gasteiger partial charge is 0.262 e. The van der Waals surface area contributed by atoms with Gasteiger partial charge in [-0.3, -0.25) is 19.3 Å². The van der Waals surface area contributed by atoms with E-state index in [1.54, 1.807) is 48.5 Å². The topological polar surface area (TPSA) is 75.7 Å². The summed E-state index contributed by atoms with van der Waals surface area (Å²) in [4.78, 5) is 38.0. The van der Waals surface area contributed by atoms with Crippen LogP contribution in [0, 0.1) is 6.92 Å². The predicted octanol–water partition coefficient (Wildman–Crippen LogP) is 4.02. The summed E-state index contributed by atoms with van der Waals surface area (Å²) in [6.07, 6.45) is 0. The maximum atomic E-state index is 12.3. The number of fused-ring (bicyclic) bond motifs is 1. The Morgan fingerprint density at radius 2 is 1.34 bits per heavy atom. The van der Waals surface area contributed by atoms with Gasteiger partial charge >= 0.3 is 0 Å². The Hall–Kier alpha value is -3.93. The minimum Gasteiger partial charge on any atom is -0.457 e. The quantitative estimate of drug-likeness (QED) is 0.672. The fraction of sp³-hybridized carbons (Fsp3) is 0.0870. The fourth-order valence-electron chi connectivity index (χ4n) is 3.08. The van der Waals surface area contributed by atoms with Crippen LogP contribution in [-0.4, -0.2) is 29.2 Å². The molecule has 0 aliphatic carbocycles. The van der Waals surface area contributed by atoms with E-state index in [1.165, 1.54) is 0 Å². The highest BCUT2D eigenvalue weighted by atomic mass is 16.5. The minimum atomic E-state index is -0.456. The zero-order valence-electron chi connectivity index (χ0n) is 15.7. The molecular weight excluding hydrogens is 368 g/mol. The maximum absolute atomic E-state index is 12.3. The number of rotatable bonds is 5. The molecule has 0 atom stereocenters. The Morgan fingerprint density at radius 1 is 0.828 bits per heavy atom. The van der Waals surface area contributed by atoms with Crippen molar-refractivity contribution in [2.45, 2.75) is 6.92 Å². The van der Waals surface area contributed by atoms with Crippen molar-refractivity contribution >= 4 is 23.4 Å². The van der Waals surface area contributed by atoms with Gasteiger partial charge in [-0.15, -0.1) is 0 Å². The van der Waals surface area contributed by atoms with E-state index in [4.69, 9.17) is 4.74 Å². The molecule has 1 aliphatic heterocycles. The van der Waals surface area contributed by atoms with Crippen LogP contribution >= 0.6 is 0 Å². The number of amides is 3. The lowest BCUT2D eigenvalue weighted by Crippen LogP contribution is -2.37. The molecule has 3 aromatic carbocycles. The van der Waals surface area contributed by atoms with Crippen LogP contribution in [0.25, 0.3) is 0 Å². The molecule has 6 nitrogen and oxygen atoms in total. The molecule has 0 radical (unpaired) electrons. The standard InChI is InChI=1S/C23H18N2O4/c1-15-6-10-17(11-7-15)29-18-12-8-16(9-13-18)24-21(26)14-25-22(27)19-4-2-3-5-20(19)23(25)28/h2-13H,14H2,1H3,(H,24,26). The highest BCUT2D eigenvalue weighted by Crippen LogP contribution is 2.24. The number of carbonyl (C=O) groups is 3. The second-order valence-corrected chi connectivity index (χ2v) is 6.73.